The number of carboxylic acids is 5. The van der Waals surface area contributed by atoms with Gasteiger partial charge in [0.2, 0.25) is 60.1 Å². The van der Waals surface area contributed by atoms with E-state index in [2.05, 4.69) is 6.92 Å². The summed E-state index contributed by atoms with van der Waals surface area (Å²) in [4.78, 5) is 52.4. The van der Waals surface area contributed by atoms with Crippen molar-refractivity contribution >= 4 is 90.0 Å². The van der Waals surface area contributed by atoms with Gasteiger partial charge >= 0.3 is 29.8 Å². The molecule has 776 valence electrons. The quantitative estimate of drug-likeness (QED) is 0.0221. The minimum atomic E-state index is -3.33. The third kappa shape index (κ3) is 46.2. The molecule has 0 aromatic heterocycles. The highest BCUT2D eigenvalue weighted by molar-refractivity contribution is 7.89. The minimum absolute atomic E-state index is 0.0171. The number of benzene rings is 6. The Hall–Kier alpha value is -7.87. The highest BCUT2D eigenvalue weighted by Crippen LogP contribution is 2.35. The van der Waals surface area contributed by atoms with Crippen molar-refractivity contribution in [3.05, 3.63) is 215 Å². The van der Waals surface area contributed by atoms with Gasteiger partial charge in [0, 0.05) is 108 Å². The second-order valence-electron chi connectivity index (χ2n) is 37.8. The van der Waals surface area contributed by atoms with Crippen LogP contribution >= 0.6 is 0 Å². The Morgan fingerprint density at radius 3 is 0.532 bits per heavy atom. The molecule has 6 heterocycles. The Kier molecular flexibility index (Phi) is 54.4. The second kappa shape index (κ2) is 64.0. The predicted molar refractivity (Wildman–Crippen MR) is 549 cm³/mol. The molecule has 0 spiro atoms. The Morgan fingerprint density at radius 2 is 0.360 bits per heavy atom. The Bertz CT molecular complexity index is 5240. The van der Waals surface area contributed by atoms with Gasteiger partial charge in [0.25, 0.3) is 0 Å². The van der Waals surface area contributed by atoms with Gasteiger partial charge in [0.15, 0.2) is 0 Å². The molecule has 34 heteroatoms. The van der Waals surface area contributed by atoms with E-state index >= 15 is 0 Å². The van der Waals surface area contributed by atoms with E-state index in [0.717, 1.165) is 252 Å². The van der Waals surface area contributed by atoms with Crippen LogP contribution in [0.2, 0.25) is 0 Å². The van der Waals surface area contributed by atoms with E-state index in [1.807, 2.05) is 182 Å². The van der Waals surface area contributed by atoms with Gasteiger partial charge in [-0.1, -0.05) is 298 Å². The highest BCUT2D eigenvalue weighted by Gasteiger charge is 2.40. The Balaban J connectivity index is 0.000000227. The smallest absolute Gasteiger partial charge is 0.303 e. The van der Waals surface area contributed by atoms with Crippen LogP contribution < -0.4 is 0 Å². The summed E-state index contributed by atoms with van der Waals surface area (Å²) in [6.07, 6.45) is 38.1. The lowest BCUT2D eigenvalue weighted by atomic mass is 10.0. The number of unbranched alkanes of at least 4 members (excludes halogenated alkanes) is 16. The fraction of sp³-hybridized carbons (Fsp3) is 0.610. The van der Waals surface area contributed by atoms with E-state index < -0.39 is 90.0 Å². The Labute approximate surface area is 831 Å². The zero-order chi connectivity index (χ0) is 101. The number of aliphatic carboxylic acids is 5. The topological polar surface area (TPSA) is 411 Å². The maximum atomic E-state index is 12.8. The maximum Gasteiger partial charge on any atom is 0.303 e. The van der Waals surface area contributed by atoms with Gasteiger partial charge in [-0.2, -0.15) is 25.8 Å². The summed E-state index contributed by atoms with van der Waals surface area (Å²) >= 11 is 0. The number of hydrogen-bond acceptors (Lipinski definition) is 17. The standard InChI is InChI=1S/C20H31NO4S.C19H29NO4S.C18H27NO4S.C17H25NO4S.C16H25NO2S.C15H21NO4S/c22-20(23)15-9-4-2-1-3-8-13-19-14-10-16-21(19)26(24,25)17-18-11-6-5-7-12-18;21-19(22)14-8-3-1-2-7-12-18-13-9-15-20(18)25(23,24)16-17-10-5-4-6-11-17;20-18(21)13-7-2-1-6-11-17-12-8-14-19(17)24(22,23)15-16-9-4-3-5-10-16;19-17(20)12-6-2-5-10-16-11-7-13-18(16)23(21,22)14-15-8-3-1-4-9-15;1-2-3-5-11-16-12-8-13-17(16)20(18,19)14-15-9-6-4-7-10-15;17-15(18)10-4-8-14-9-5-11-16(14)21(19,20)12-13-6-2-1-3-7-13/h5-7,11-12,19H,1-4,8-10,13-17H2,(H,22,23);4-6,10-11,18H,1-3,7-9,12-16H2,(H,21,22);3-5,9-10,17H,1-2,6-8,11-15H2,(H,20,21);1,3-4,8-9,16H,2,5-7,10-14H2,(H,19,20);4,6-7,9-10,16H,2-3,5,8,11-14H2,1H3;1-3,6-7,14H,4-5,8-12H2,(H,17,18). The van der Waals surface area contributed by atoms with Crippen LogP contribution in [0.1, 0.15) is 329 Å². The molecule has 139 heavy (non-hydrogen) atoms. The molecule has 6 aromatic carbocycles. The summed E-state index contributed by atoms with van der Waals surface area (Å²) in [5, 5.41) is 43.1. The van der Waals surface area contributed by atoms with Crippen LogP contribution in [-0.4, -0.2) is 207 Å². The van der Waals surface area contributed by atoms with Gasteiger partial charge in [-0.3, -0.25) is 24.0 Å². The number of hydrogen-bond donors (Lipinski definition) is 5. The highest BCUT2D eigenvalue weighted by atomic mass is 32.2. The normalized spacial score (nSPS) is 19.0. The lowest BCUT2D eigenvalue weighted by Gasteiger charge is -2.24. The summed E-state index contributed by atoms with van der Waals surface area (Å²) in [5.41, 5.74) is 5.00. The first-order valence-corrected chi connectivity index (χ1v) is 60.5. The van der Waals surface area contributed by atoms with Crippen LogP contribution in [0.15, 0.2) is 182 Å². The zero-order valence-corrected chi connectivity index (χ0v) is 86.8. The SMILES string of the molecule is CCCCCC1CCCN1S(=O)(=O)Cc1ccccc1.O=C(O)CCCC1CCCN1S(=O)(=O)Cc1ccccc1.O=C(O)CCCCCC1CCCN1S(=O)(=O)Cc1ccccc1.O=C(O)CCCCCCC1CCCN1S(=O)(=O)Cc1ccccc1.O=C(O)CCCCCCCC1CCCN1S(=O)(=O)Cc1ccccc1.O=C(O)CCCCCCCCC1CCCN1S(=O)(=O)Cc1ccccc1. The first-order chi connectivity index (χ1) is 66.6. The zero-order valence-electron chi connectivity index (χ0n) is 81.9. The molecule has 0 aliphatic carbocycles. The summed E-state index contributed by atoms with van der Waals surface area (Å²) in [7, 11) is -19.5. The fourth-order valence-electron chi connectivity index (χ4n) is 19.5. The van der Waals surface area contributed by atoms with Crippen molar-refractivity contribution in [3.8, 4) is 0 Å². The first-order valence-electron chi connectivity index (χ1n) is 50.9. The van der Waals surface area contributed by atoms with Crippen molar-refractivity contribution < 1.29 is 100 Å². The van der Waals surface area contributed by atoms with E-state index in [-0.39, 0.29) is 103 Å². The largest absolute Gasteiger partial charge is 0.481 e. The van der Waals surface area contributed by atoms with Crippen molar-refractivity contribution in [2.75, 3.05) is 39.3 Å². The van der Waals surface area contributed by atoms with Crippen molar-refractivity contribution in [2.45, 2.75) is 367 Å². The molecule has 0 amide bonds. The molecular weight excluding hydrogens is 1890 g/mol. The van der Waals surface area contributed by atoms with Crippen LogP contribution in [0.4, 0.5) is 0 Å². The molecule has 6 aliphatic rings. The van der Waals surface area contributed by atoms with E-state index in [4.69, 9.17) is 25.5 Å². The average Bonchev–Trinajstić information content (AvgIpc) is 1.74. The molecule has 6 unspecified atom stereocenters. The second-order valence-corrected chi connectivity index (χ2v) is 49.3. The molecule has 0 bridgehead atoms. The van der Waals surface area contributed by atoms with Gasteiger partial charge in [0.05, 0.1) is 34.5 Å². The summed E-state index contributed by atoms with van der Waals surface area (Å²) < 4.78 is 162. The molecule has 0 radical (unpaired) electrons. The summed E-state index contributed by atoms with van der Waals surface area (Å²) in [6, 6.07) is 56.6. The molecule has 6 fully saturated rings. The van der Waals surface area contributed by atoms with Crippen LogP contribution in [0.25, 0.3) is 0 Å². The van der Waals surface area contributed by atoms with Gasteiger partial charge in [0.1, 0.15) is 0 Å². The Morgan fingerprint density at radius 1 is 0.216 bits per heavy atom. The molecule has 6 aliphatic heterocycles. The lowest BCUT2D eigenvalue weighted by molar-refractivity contribution is -0.138. The molecule has 28 nitrogen and oxygen atoms in total. The fourth-order valence-corrected chi connectivity index (χ4v) is 30.6. The van der Waals surface area contributed by atoms with Crippen molar-refractivity contribution in [2.24, 2.45) is 0 Å². The van der Waals surface area contributed by atoms with Crippen LogP contribution in [-0.2, 0) is 119 Å². The van der Waals surface area contributed by atoms with E-state index in [0.29, 0.717) is 65.0 Å². The van der Waals surface area contributed by atoms with Crippen LogP contribution in [0, 0.1) is 0 Å². The van der Waals surface area contributed by atoms with Crippen molar-refractivity contribution in [1.29, 1.82) is 0 Å². The van der Waals surface area contributed by atoms with Gasteiger partial charge in [-0.05, 0) is 181 Å². The lowest BCUT2D eigenvalue weighted by Crippen LogP contribution is -2.36. The monoisotopic (exact) mass is 2050 g/mol. The van der Waals surface area contributed by atoms with Crippen molar-refractivity contribution in [3.63, 3.8) is 0 Å². The van der Waals surface area contributed by atoms with E-state index in [1.54, 1.807) is 25.8 Å². The van der Waals surface area contributed by atoms with Crippen LogP contribution in [0.5, 0.6) is 0 Å². The molecular formula is C105H158N6O22S6. The van der Waals surface area contributed by atoms with Crippen LogP contribution in [0.3, 0.4) is 0 Å². The predicted octanol–water partition coefficient (Wildman–Crippen LogP) is 20.2. The molecule has 5 N–H and O–H groups in total. The molecule has 12 rings (SSSR count). The number of sulfonamides is 6. The van der Waals surface area contributed by atoms with Gasteiger partial charge in [-0.15, -0.1) is 0 Å². The minimum Gasteiger partial charge on any atom is -0.481 e. The number of rotatable bonds is 56. The number of carbonyl (C=O) groups is 5. The molecule has 6 saturated heterocycles. The maximum absolute atomic E-state index is 12.8. The van der Waals surface area contributed by atoms with Gasteiger partial charge < -0.3 is 25.5 Å². The van der Waals surface area contributed by atoms with E-state index in [1.165, 1.54) is 12.8 Å². The third-order valence-electron chi connectivity index (χ3n) is 26.5. The first kappa shape index (κ1) is 118. The van der Waals surface area contributed by atoms with E-state index in [9.17, 15) is 74.5 Å². The summed E-state index contributed by atoms with van der Waals surface area (Å²) in [5.74, 6) is -3.33. The molecule has 6 atom stereocenters. The third-order valence-corrected chi connectivity index (χ3v) is 37.9. The number of carboxylic acid groups (broad SMARTS) is 5. The average molecular weight is 2050 g/mol. The number of nitrogens with zero attached hydrogens (tertiary/aromatic N) is 6. The van der Waals surface area contributed by atoms with Crippen molar-refractivity contribution in [1.82, 2.24) is 25.8 Å². The summed E-state index contributed by atoms with van der Waals surface area (Å²) in [6.45, 7) is 5.94. The molecule has 6 aromatic rings. The van der Waals surface area contributed by atoms with Gasteiger partial charge in [-0.25, -0.2) is 50.5 Å². The molecule has 0 saturated carbocycles.